The second-order valence-electron chi connectivity index (χ2n) is 5.67. The summed E-state index contributed by atoms with van der Waals surface area (Å²) in [6.45, 7) is 0.565. The third-order valence-corrected chi connectivity index (χ3v) is 6.03. The summed E-state index contributed by atoms with van der Waals surface area (Å²) in [5.41, 5.74) is 2.92. The lowest BCUT2D eigenvalue weighted by atomic mass is 9.98. The average molecular weight is 329 g/mol. The van der Waals surface area contributed by atoms with Crippen LogP contribution in [0.15, 0.2) is 53.2 Å². The fraction of sp³-hybridized carbons (Fsp3) is 0.250. The summed E-state index contributed by atoms with van der Waals surface area (Å²) in [7, 11) is -3.37. The molecule has 0 bridgehead atoms. The molecule has 3 aromatic rings. The van der Waals surface area contributed by atoms with E-state index in [1.54, 1.807) is 22.5 Å². The van der Waals surface area contributed by atoms with Gasteiger partial charge in [-0.05, 0) is 40.0 Å². The number of benzene rings is 2. The molecule has 0 N–H and O–H groups in total. The van der Waals surface area contributed by atoms with Gasteiger partial charge in [0.1, 0.15) is 11.0 Å². The third-order valence-electron chi connectivity index (χ3n) is 4.18. The molecule has 4 rings (SSSR count). The Morgan fingerprint density at radius 1 is 1.09 bits per heavy atom. The zero-order valence-electron chi connectivity index (χ0n) is 12.3. The third kappa shape index (κ3) is 2.62. The van der Waals surface area contributed by atoms with Crippen LogP contribution in [0.3, 0.4) is 0 Å². The van der Waals surface area contributed by atoms with Crippen molar-refractivity contribution in [3.8, 4) is 0 Å². The van der Waals surface area contributed by atoms with Crippen molar-refractivity contribution in [3.05, 3.63) is 59.7 Å². The highest BCUT2D eigenvalue weighted by Gasteiger charge is 2.38. The van der Waals surface area contributed by atoms with Crippen molar-refractivity contribution in [3.63, 3.8) is 0 Å². The fourth-order valence-corrected chi connectivity index (χ4v) is 4.68. The topological polar surface area (TPSA) is 76.3 Å². The van der Waals surface area contributed by atoms with Gasteiger partial charge >= 0.3 is 0 Å². The number of hydrogen-bond acceptors (Lipinski definition) is 5. The molecule has 118 valence electrons. The van der Waals surface area contributed by atoms with Gasteiger partial charge in [0.2, 0.25) is 10.0 Å². The van der Waals surface area contributed by atoms with E-state index in [2.05, 4.69) is 14.9 Å². The molecule has 0 aliphatic carbocycles. The first-order valence-corrected chi connectivity index (χ1v) is 9.00. The van der Waals surface area contributed by atoms with Gasteiger partial charge in [0.05, 0.1) is 11.8 Å². The number of hydrogen-bond donors (Lipinski definition) is 0. The van der Waals surface area contributed by atoms with Gasteiger partial charge in [-0.3, -0.25) is 0 Å². The van der Waals surface area contributed by atoms with Crippen molar-refractivity contribution in [2.24, 2.45) is 0 Å². The SMILES string of the molecule is O=S(=O)(Cc1ccc2nonc2c1)N1CCC1c1ccccc1. The summed E-state index contributed by atoms with van der Waals surface area (Å²) in [4.78, 5) is 0. The zero-order valence-corrected chi connectivity index (χ0v) is 13.1. The minimum Gasteiger partial charge on any atom is -0.243 e. The Kier molecular flexibility index (Phi) is 3.39. The van der Waals surface area contributed by atoms with Gasteiger partial charge in [0.15, 0.2) is 0 Å². The van der Waals surface area contributed by atoms with E-state index in [0.29, 0.717) is 23.1 Å². The lowest BCUT2D eigenvalue weighted by molar-refractivity contribution is 0.202. The van der Waals surface area contributed by atoms with Crippen LogP contribution >= 0.6 is 0 Å². The quantitative estimate of drug-likeness (QED) is 0.735. The van der Waals surface area contributed by atoms with E-state index in [-0.39, 0.29) is 11.8 Å². The smallest absolute Gasteiger partial charge is 0.218 e. The molecule has 1 unspecified atom stereocenters. The fourth-order valence-electron chi connectivity index (χ4n) is 2.92. The first-order valence-electron chi connectivity index (χ1n) is 7.39. The molecule has 1 aliphatic rings. The standard InChI is InChI=1S/C16H15N3O3S/c20-23(21,11-12-6-7-14-15(10-12)18-22-17-14)19-9-8-16(19)13-4-2-1-3-5-13/h1-7,10,16H,8-9,11H2. The number of nitrogens with zero attached hydrogens (tertiary/aromatic N) is 3. The van der Waals surface area contributed by atoms with Gasteiger partial charge in [-0.1, -0.05) is 36.4 Å². The molecule has 7 heteroatoms. The van der Waals surface area contributed by atoms with Crippen LogP contribution < -0.4 is 0 Å². The van der Waals surface area contributed by atoms with Crippen molar-refractivity contribution in [1.29, 1.82) is 0 Å². The van der Waals surface area contributed by atoms with Gasteiger partial charge in [-0.25, -0.2) is 13.0 Å². The van der Waals surface area contributed by atoms with Gasteiger partial charge in [-0.15, -0.1) is 0 Å². The Labute approximate surface area is 133 Å². The maximum absolute atomic E-state index is 12.7. The van der Waals surface area contributed by atoms with Crippen LogP contribution in [-0.4, -0.2) is 29.6 Å². The maximum atomic E-state index is 12.7. The summed E-state index contributed by atoms with van der Waals surface area (Å²) in [6, 6.07) is 14.9. The summed E-state index contributed by atoms with van der Waals surface area (Å²) >= 11 is 0. The van der Waals surface area contributed by atoms with E-state index in [1.165, 1.54) is 0 Å². The van der Waals surface area contributed by atoms with E-state index >= 15 is 0 Å². The van der Waals surface area contributed by atoms with Crippen molar-refractivity contribution in [2.45, 2.75) is 18.2 Å². The molecule has 1 atom stereocenters. The molecule has 0 radical (unpaired) electrons. The first-order chi connectivity index (χ1) is 11.1. The van der Waals surface area contributed by atoms with E-state index in [1.807, 2.05) is 30.3 Å². The molecule has 0 saturated carbocycles. The molecule has 1 aliphatic heterocycles. The van der Waals surface area contributed by atoms with Gasteiger partial charge in [0, 0.05) is 6.54 Å². The predicted octanol–water partition coefficient (Wildman–Crippen LogP) is 2.50. The normalized spacial score (nSPS) is 18.9. The summed E-state index contributed by atoms with van der Waals surface area (Å²) in [6.07, 6.45) is 0.857. The average Bonchev–Trinajstić information content (AvgIpc) is 2.93. The Morgan fingerprint density at radius 3 is 2.61 bits per heavy atom. The molecule has 1 aromatic heterocycles. The molecule has 6 nitrogen and oxygen atoms in total. The lowest BCUT2D eigenvalue weighted by Gasteiger charge is -2.40. The van der Waals surface area contributed by atoms with E-state index in [4.69, 9.17) is 0 Å². The number of aromatic nitrogens is 2. The number of fused-ring (bicyclic) bond motifs is 1. The lowest BCUT2D eigenvalue weighted by Crippen LogP contribution is -2.45. The van der Waals surface area contributed by atoms with Crippen LogP contribution in [0.5, 0.6) is 0 Å². The number of sulfonamides is 1. The molecule has 1 fully saturated rings. The Bertz CT molecular complexity index is 937. The Balaban J connectivity index is 1.58. The van der Waals surface area contributed by atoms with Crippen molar-refractivity contribution >= 4 is 21.1 Å². The zero-order chi connectivity index (χ0) is 15.9. The maximum Gasteiger partial charge on any atom is 0.218 e. The summed E-state index contributed by atoms with van der Waals surface area (Å²) in [5.74, 6) is -0.0425. The molecular formula is C16H15N3O3S. The van der Waals surface area contributed by atoms with Gasteiger partial charge < -0.3 is 0 Å². The van der Waals surface area contributed by atoms with Gasteiger partial charge in [0.25, 0.3) is 0 Å². The monoisotopic (exact) mass is 329 g/mol. The Morgan fingerprint density at radius 2 is 1.87 bits per heavy atom. The van der Waals surface area contributed by atoms with E-state index < -0.39 is 10.0 Å². The van der Waals surface area contributed by atoms with Crippen molar-refractivity contribution in [1.82, 2.24) is 14.6 Å². The minimum absolute atomic E-state index is 0.0425. The van der Waals surface area contributed by atoms with E-state index in [9.17, 15) is 8.42 Å². The molecule has 23 heavy (non-hydrogen) atoms. The summed E-state index contributed by atoms with van der Waals surface area (Å²) < 4.78 is 31.6. The van der Waals surface area contributed by atoms with Crippen molar-refractivity contribution < 1.29 is 13.0 Å². The van der Waals surface area contributed by atoms with Crippen LogP contribution in [0, 0.1) is 0 Å². The van der Waals surface area contributed by atoms with Crippen LogP contribution in [-0.2, 0) is 15.8 Å². The van der Waals surface area contributed by atoms with Gasteiger partial charge in [-0.2, -0.15) is 4.31 Å². The summed E-state index contributed by atoms with van der Waals surface area (Å²) in [5, 5.41) is 7.48. The molecule has 2 aromatic carbocycles. The van der Waals surface area contributed by atoms with E-state index in [0.717, 1.165) is 12.0 Å². The van der Waals surface area contributed by atoms with Crippen LogP contribution in [0.25, 0.3) is 11.0 Å². The van der Waals surface area contributed by atoms with Crippen LogP contribution in [0.1, 0.15) is 23.6 Å². The highest BCUT2D eigenvalue weighted by molar-refractivity contribution is 7.88. The molecule has 2 heterocycles. The molecule has 0 amide bonds. The molecule has 1 saturated heterocycles. The first kappa shape index (κ1) is 14.3. The predicted molar refractivity (Wildman–Crippen MR) is 84.9 cm³/mol. The molecule has 0 spiro atoms. The highest BCUT2D eigenvalue weighted by Crippen LogP contribution is 2.36. The Hall–Kier alpha value is -2.25. The second kappa shape index (κ2) is 5.43. The minimum atomic E-state index is -3.37. The largest absolute Gasteiger partial charge is 0.243 e. The van der Waals surface area contributed by atoms with Crippen molar-refractivity contribution in [2.75, 3.05) is 6.54 Å². The molecular weight excluding hydrogens is 314 g/mol. The number of rotatable bonds is 4. The second-order valence-corrected chi connectivity index (χ2v) is 7.59. The highest BCUT2D eigenvalue weighted by atomic mass is 32.2. The van der Waals surface area contributed by atoms with Crippen LogP contribution in [0.2, 0.25) is 0 Å². The van der Waals surface area contributed by atoms with Crippen LogP contribution in [0.4, 0.5) is 0 Å².